The van der Waals surface area contributed by atoms with Crippen LogP contribution in [-0.4, -0.2) is 19.6 Å². The Morgan fingerprint density at radius 1 is 1.25 bits per heavy atom. The lowest BCUT2D eigenvalue weighted by molar-refractivity contribution is 0.0936. The number of ether oxygens (including phenoxy) is 1. The van der Waals surface area contributed by atoms with E-state index in [1.807, 2.05) is 0 Å². The van der Waals surface area contributed by atoms with Gasteiger partial charge in [-0.2, -0.15) is 0 Å². The van der Waals surface area contributed by atoms with Crippen LogP contribution in [0.15, 0.2) is 18.2 Å². The second-order valence-corrected chi connectivity index (χ2v) is 5.71. The van der Waals surface area contributed by atoms with E-state index in [0.717, 1.165) is 0 Å². The summed E-state index contributed by atoms with van der Waals surface area (Å²) in [6.07, 6.45) is 0. The second kappa shape index (κ2) is 7.27. The van der Waals surface area contributed by atoms with E-state index < -0.39 is 5.82 Å². The summed E-state index contributed by atoms with van der Waals surface area (Å²) in [4.78, 5) is 12.1. The van der Waals surface area contributed by atoms with Gasteiger partial charge >= 0.3 is 0 Å². The molecule has 0 heterocycles. The number of methoxy groups -OCH3 is 1. The summed E-state index contributed by atoms with van der Waals surface area (Å²) in [5.74, 6) is 0.834. The molecule has 0 saturated carbocycles. The highest BCUT2D eigenvalue weighted by Crippen LogP contribution is 2.20. The fourth-order valence-corrected chi connectivity index (χ4v) is 2.35. The molecule has 0 atom stereocenters. The first-order chi connectivity index (χ1) is 9.36. The molecule has 1 amide bonds. The Balaban J connectivity index is 2.72. The van der Waals surface area contributed by atoms with Crippen molar-refractivity contribution in [1.82, 2.24) is 5.32 Å². The number of benzene rings is 1. The molecule has 1 N–H and O–H groups in total. The summed E-state index contributed by atoms with van der Waals surface area (Å²) in [5, 5.41) is 2.92. The number of carbonyl (C=O) groups excluding carboxylic acids is 1. The van der Waals surface area contributed by atoms with Gasteiger partial charge in [0.2, 0.25) is 0 Å². The number of rotatable bonds is 6. The molecule has 4 heteroatoms. The lowest BCUT2D eigenvalue weighted by Gasteiger charge is -2.25. The smallest absolute Gasteiger partial charge is 0.251 e. The van der Waals surface area contributed by atoms with Crippen LogP contribution in [0.25, 0.3) is 0 Å². The van der Waals surface area contributed by atoms with Gasteiger partial charge in [-0.25, -0.2) is 4.39 Å². The van der Waals surface area contributed by atoms with E-state index in [2.05, 4.69) is 33.0 Å². The molecule has 0 radical (unpaired) electrons. The van der Waals surface area contributed by atoms with Gasteiger partial charge in [0.1, 0.15) is 0 Å². The minimum Gasteiger partial charge on any atom is -0.494 e. The summed E-state index contributed by atoms with van der Waals surface area (Å²) >= 11 is 0. The fraction of sp³-hybridized carbons (Fsp3) is 0.562. The number of nitrogens with one attached hydrogen (secondary N) is 1. The first-order valence-electron chi connectivity index (χ1n) is 6.98. The molecular weight excluding hydrogens is 257 g/mol. The largest absolute Gasteiger partial charge is 0.494 e. The molecule has 0 fully saturated rings. The zero-order valence-electron chi connectivity index (χ0n) is 12.9. The Kier molecular flexibility index (Phi) is 5.99. The summed E-state index contributed by atoms with van der Waals surface area (Å²) in [6.45, 7) is 9.22. The van der Waals surface area contributed by atoms with Crippen LogP contribution >= 0.6 is 0 Å². The maximum atomic E-state index is 13.3. The van der Waals surface area contributed by atoms with Crippen LogP contribution < -0.4 is 10.1 Å². The molecule has 0 aliphatic heterocycles. The normalized spacial score (nSPS) is 11.2. The van der Waals surface area contributed by atoms with Crippen molar-refractivity contribution < 1.29 is 13.9 Å². The van der Waals surface area contributed by atoms with E-state index >= 15 is 0 Å². The van der Waals surface area contributed by atoms with Gasteiger partial charge in [0.05, 0.1) is 7.11 Å². The predicted octanol–water partition coefficient (Wildman–Crippen LogP) is 3.49. The average molecular weight is 281 g/mol. The van der Waals surface area contributed by atoms with Crippen molar-refractivity contribution in [1.29, 1.82) is 0 Å². The molecule has 0 aliphatic carbocycles. The lowest BCUT2D eigenvalue weighted by atomic mass is 9.85. The summed E-state index contributed by atoms with van der Waals surface area (Å²) in [6, 6.07) is 4.13. The molecule has 0 saturated heterocycles. The van der Waals surface area contributed by atoms with Gasteiger partial charge in [0.25, 0.3) is 5.91 Å². The zero-order chi connectivity index (χ0) is 15.3. The van der Waals surface area contributed by atoms with E-state index in [-0.39, 0.29) is 11.7 Å². The Bertz CT molecular complexity index is 450. The highest BCUT2D eigenvalue weighted by molar-refractivity contribution is 5.94. The molecule has 0 aromatic heterocycles. The average Bonchev–Trinajstić information content (AvgIpc) is 2.38. The molecule has 20 heavy (non-hydrogen) atoms. The van der Waals surface area contributed by atoms with Crippen molar-refractivity contribution >= 4 is 5.91 Å². The molecule has 0 spiro atoms. The van der Waals surface area contributed by atoms with Crippen molar-refractivity contribution in [2.24, 2.45) is 17.8 Å². The standard InChI is InChI=1S/C16H24FNO2/c1-10(2)13(11(3)4)9-18-16(19)12-6-7-14(17)15(8-12)20-5/h6-8,10-11,13H,9H2,1-5H3,(H,18,19). The Morgan fingerprint density at radius 2 is 1.85 bits per heavy atom. The maximum absolute atomic E-state index is 13.3. The molecule has 0 bridgehead atoms. The second-order valence-electron chi connectivity index (χ2n) is 5.71. The first kappa shape index (κ1) is 16.5. The van der Waals surface area contributed by atoms with Gasteiger partial charge in [-0.1, -0.05) is 27.7 Å². The number of hydrogen-bond donors (Lipinski definition) is 1. The van der Waals surface area contributed by atoms with Gasteiger partial charge in [0.15, 0.2) is 11.6 Å². The Labute approximate surface area is 120 Å². The van der Waals surface area contributed by atoms with Crippen LogP contribution in [0.3, 0.4) is 0 Å². The van der Waals surface area contributed by atoms with Crippen molar-refractivity contribution in [3.8, 4) is 5.75 Å². The van der Waals surface area contributed by atoms with Gasteiger partial charge in [-0.3, -0.25) is 4.79 Å². The van der Waals surface area contributed by atoms with E-state index in [0.29, 0.717) is 29.9 Å². The quantitative estimate of drug-likeness (QED) is 0.866. The van der Waals surface area contributed by atoms with Gasteiger partial charge in [0, 0.05) is 12.1 Å². The molecule has 1 aromatic carbocycles. The van der Waals surface area contributed by atoms with Crippen LogP contribution in [0.2, 0.25) is 0 Å². The highest BCUT2D eigenvalue weighted by atomic mass is 19.1. The number of amides is 1. The highest BCUT2D eigenvalue weighted by Gasteiger charge is 2.19. The van der Waals surface area contributed by atoms with Crippen molar-refractivity contribution in [3.63, 3.8) is 0 Å². The Hall–Kier alpha value is -1.58. The van der Waals surface area contributed by atoms with Gasteiger partial charge < -0.3 is 10.1 Å². The van der Waals surface area contributed by atoms with Crippen LogP contribution in [0.1, 0.15) is 38.1 Å². The first-order valence-corrected chi connectivity index (χ1v) is 6.98. The molecule has 0 unspecified atom stereocenters. The van der Waals surface area contributed by atoms with Gasteiger partial charge in [-0.15, -0.1) is 0 Å². The van der Waals surface area contributed by atoms with E-state index in [9.17, 15) is 9.18 Å². The monoisotopic (exact) mass is 281 g/mol. The molecule has 1 rings (SSSR count). The van der Waals surface area contributed by atoms with E-state index in [1.54, 1.807) is 0 Å². The van der Waals surface area contributed by atoms with Crippen LogP contribution in [0, 0.1) is 23.6 Å². The van der Waals surface area contributed by atoms with Crippen LogP contribution in [0.5, 0.6) is 5.75 Å². The van der Waals surface area contributed by atoms with Crippen molar-refractivity contribution in [3.05, 3.63) is 29.6 Å². The maximum Gasteiger partial charge on any atom is 0.251 e. The van der Waals surface area contributed by atoms with E-state index in [1.165, 1.54) is 25.3 Å². The molecule has 3 nitrogen and oxygen atoms in total. The third kappa shape index (κ3) is 4.22. The van der Waals surface area contributed by atoms with Crippen LogP contribution in [0.4, 0.5) is 4.39 Å². The number of hydrogen-bond acceptors (Lipinski definition) is 2. The molecule has 1 aromatic rings. The third-order valence-electron chi connectivity index (χ3n) is 3.62. The fourth-order valence-electron chi connectivity index (χ4n) is 2.35. The topological polar surface area (TPSA) is 38.3 Å². The number of halogens is 1. The number of carbonyl (C=O) groups is 1. The zero-order valence-corrected chi connectivity index (χ0v) is 12.9. The summed E-state index contributed by atoms with van der Waals surface area (Å²) < 4.78 is 18.2. The van der Waals surface area contributed by atoms with E-state index in [4.69, 9.17) is 4.74 Å². The Morgan fingerprint density at radius 3 is 2.35 bits per heavy atom. The van der Waals surface area contributed by atoms with Crippen molar-refractivity contribution in [2.75, 3.05) is 13.7 Å². The minimum atomic E-state index is -0.466. The molecular formula is C16H24FNO2. The summed E-state index contributed by atoms with van der Waals surface area (Å²) in [5.41, 5.74) is 0.412. The van der Waals surface area contributed by atoms with Crippen molar-refractivity contribution in [2.45, 2.75) is 27.7 Å². The predicted molar refractivity (Wildman–Crippen MR) is 78.5 cm³/mol. The van der Waals surface area contributed by atoms with Gasteiger partial charge in [-0.05, 0) is 36.0 Å². The molecule has 0 aliphatic rings. The third-order valence-corrected chi connectivity index (χ3v) is 3.62. The summed E-state index contributed by atoms with van der Waals surface area (Å²) in [7, 11) is 1.38. The molecule has 112 valence electrons. The SMILES string of the molecule is COc1cc(C(=O)NCC(C(C)C)C(C)C)ccc1F. The lowest BCUT2D eigenvalue weighted by Crippen LogP contribution is -2.33. The van der Waals surface area contributed by atoms with Crippen LogP contribution in [-0.2, 0) is 0 Å². The minimum absolute atomic E-state index is 0.0851.